The lowest BCUT2D eigenvalue weighted by Gasteiger charge is -2.34. The fourth-order valence-electron chi connectivity index (χ4n) is 2.80. The Hall–Kier alpha value is -1.62. The summed E-state index contributed by atoms with van der Waals surface area (Å²) >= 11 is 0. The van der Waals surface area contributed by atoms with Crippen molar-refractivity contribution < 1.29 is 33.0 Å². The van der Waals surface area contributed by atoms with Gasteiger partial charge in [-0.3, -0.25) is 9.59 Å². The molecule has 7 heteroatoms. The third-order valence-corrected chi connectivity index (χ3v) is 3.99. The average molecular weight is 356 g/mol. The van der Waals surface area contributed by atoms with E-state index in [0.717, 1.165) is 23.9 Å². The van der Waals surface area contributed by atoms with E-state index < -0.39 is 6.29 Å². The van der Waals surface area contributed by atoms with Crippen LogP contribution in [0, 0.1) is 12.3 Å². The minimum absolute atomic E-state index is 0.124. The Kier molecular flexibility index (Phi) is 9.50. The second kappa shape index (κ2) is 11.1. The Balaban J connectivity index is 2.35. The smallest absolute Gasteiger partial charge is 0.302 e. The minimum Gasteiger partial charge on any atom is -0.465 e. The highest BCUT2D eigenvalue weighted by Crippen LogP contribution is 2.23. The maximum Gasteiger partial charge on any atom is 0.302 e. The Labute approximate surface area is 150 Å². The quantitative estimate of drug-likeness (QED) is 0.182. The van der Waals surface area contributed by atoms with Gasteiger partial charge in [-0.2, -0.15) is 0 Å². The van der Waals surface area contributed by atoms with E-state index in [1.165, 1.54) is 6.92 Å². The lowest BCUT2D eigenvalue weighted by atomic mass is 10.1. The van der Waals surface area contributed by atoms with Gasteiger partial charge in [0.15, 0.2) is 6.29 Å². The first kappa shape index (κ1) is 21.4. The van der Waals surface area contributed by atoms with Crippen LogP contribution in [0.2, 0.25) is 0 Å². The Morgan fingerprint density at radius 3 is 2.76 bits per heavy atom. The third-order valence-electron chi connectivity index (χ3n) is 3.99. The van der Waals surface area contributed by atoms with Crippen LogP contribution in [0.15, 0.2) is 0 Å². The Morgan fingerprint density at radius 2 is 2.12 bits per heavy atom. The van der Waals surface area contributed by atoms with E-state index >= 15 is 0 Å². The summed E-state index contributed by atoms with van der Waals surface area (Å²) < 4.78 is 22.3. The number of esters is 1. The molecule has 0 N–H and O–H groups in total. The second-order valence-electron chi connectivity index (χ2n) is 6.92. The van der Waals surface area contributed by atoms with Crippen LogP contribution in [0.5, 0.6) is 0 Å². The van der Waals surface area contributed by atoms with Crippen LogP contribution in [0.3, 0.4) is 0 Å². The van der Waals surface area contributed by atoms with Crippen LogP contribution in [-0.4, -0.2) is 75.8 Å². The van der Waals surface area contributed by atoms with E-state index in [2.05, 4.69) is 20.0 Å². The molecule has 1 aliphatic rings. The van der Waals surface area contributed by atoms with Gasteiger partial charge in [-0.1, -0.05) is 0 Å². The molecule has 1 saturated heterocycles. The molecular weight excluding hydrogens is 326 g/mol. The highest BCUT2D eigenvalue weighted by molar-refractivity contribution is 5.66. The number of terminal acetylenes is 1. The molecule has 0 radical (unpaired) electrons. The summed E-state index contributed by atoms with van der Waals surface area (Å²) in [5.74, 6) is 2.35. The average Bonchev–Trinajstić information content (AvgIpc) is 2.51. The second-order valence-corrected chi connectivity index (χ2v) is 6.92. The zero-order chi connectivity index (χ0) is 18.7. The number of carbonyl (C=O) groups excluding carboxylic acids is 2. The Morgan fingerprint density at radius 1 is 1.36 bits per heavy atom. The van der Waals surface area contributed by atoms with E-state index in [0.29, 0.717) is 32.5 Å². The molecule has 25 heavy (non-hydrogen) atoms. The van der Waals surface area contributed by atoms with Crippen molar-refractivity contribution >= 4 is 12.4 Å². The molecule has 0 aliphatic carbocycles. The highest BCUT2D eigenvalue weighted by Gasteiger charge is 2.32. The number of rotatable bonds is 11. The molecule has 3 atom stereocenters. The van der Waals surface area contributed by atoms with E-state index in [1.54, 1.807) is 0 Å². The molecule has 0 aromatic rings. The monoisotopic (exact) mass is 356 g/mol. The van der Waals surface area contributed by atoms with Crippen LogP contribution < -0.4 is 0 Å². The number of quaternary nitrogens is 1. The molecule has 142 valence electrons. The molecule has 3 unspecified atom stereocenters. The summed E-state index contributed by atoms with van der Waals surface area (Å²) in [4.78, 5) is 21.5. The molecule has 0 bridgehead atoms. The van der Waals surface area contributed by atoms with Crippen LogP contribution in [-0.2, 0) is 28.5 Å². The van der Waals surface area contributed by atoms with Gasteiger partial charge in [0.2, 0.25) is 0 Å². The summed E-state index contributed by atoms with van der Waals surface area (Å²) in [6, 6.07) is 0. The maximum absolute atomic E-state index is 11.2. The largest absolute Gasteiger partial charge is 0.465 e. The first-order valence-corrected chi connectivity index (χ1v) is 8.61. The van der Waals surface area contributed by atoms with Crippen molar-refractivity contribution in [3.8, 4) is 12.3 Å². The van der Waals surface area contributed by atoms with Crippen molar-refractivity contribution in [2.45, 2.75) is 51.1 Å². The molecule has 0 aromatic heterocycles. The number of carbonyl (C=O) groups is 2. The van der Waals surface area contributed by atoms with E-state index in [-0.39, 0.29) is 24.8 Å². The van der Waals surface area contributed by atoms with Gasteiger partial charge in [-0.05, 0) is 18.8 Å². The summed E-state index contributed by atoms with van der Waals surface area (Å²) in [5.41, 5.74) is 0. The summed E-state index contributed by atoms with van der Waals surface area (Å²) in [6.45, 7) is 4.11. The van der Waals surface area contributed by atoms with Gasteiger partial charge in [-0.15, -0.1) is 6.42 Å². The summed E-state index contributed by atoms with van der Waals surface area (Å²) in [7, 11) is 4.21. The highest BCUT2D eigenvalue weighted by atomic mass is 16.7. The standard InChI is InChI=1S/C18H30NO6/c1-5-8-19(3,4)9-6-7-10-23-18-12-16(24-15(2)21)11-17(25-18)13-22-14-20/h1,14,16-18H,6-13H2,2-4H3/q+1. The molecule has 0 amide bonds. The van der Waals surface area contributed by atoms with Gasteiger partial charge >= 0.3 is 5.97 Å². The topological polar surface area (TPSA) is 71.1 Å². The summed E-state index contributed by atoms with van der Waals surface area (Å²) in [6.07, 6.45) is 7.13. The molecule has 1 fully saturated rings. The van der Waals surface area contributed by atoms with Gasteiger partial charge < -0.3 is 23.4 Å². The number of unbranched alkanes of at least 4 members (excludes halogenated alkanes) is 1. The molecule has 0 saturated carbocycles. The first-order chi connectivity index (χ1) is 11.9. The fourth-order valence-corrected chi connectivity index (χ4v) is 2.80. The predicted molar refractivity (Wildman–Crippen MR) is 91.3 cm³/mol. The van der Waals surface area contributed by atoms with Crippen molar-refractivity contribution in [1.29, 1.82) is 0 Å². The number of hydrogen-bond acceptors (Lipinski definition) is 6. The van der Waals surface area contributed by atoms with Crippen LogP contribution in [0.1, 0.15) is 32.6 Å². The van der Waals surface area contributed by atoms with Gasteiger partial charge in [0.25, 0.3) is 6.47 Å². The van der Waals surface area contributed by atoms with Crippen LogP contribution >= 0.6 is 0 Å². The SMILES string of the molecule is C#CC[N+](C)(C)CCCCOC1CC(OC(C)=O)CC(COC=O)O1. The first-order valence-electron chi connectivity index (χ1n) is 8.61. The molecule has 7 nitrogen and oxygen atoms in total. The zero-order valence-electron chi connectivity index (χ0n) is 15.4. The molecule has 1 aliphatic heterocycles. The number of ether oxygens (including phenoxy) is 4. The van der Waals surface area contributed by atoms with E-state index in [1.807, 2.05) is 0 Å². The molecular formula is C18H30NO6+. The predicted octanol–water partition coefficient (Wildman–Crippen LogP) is 1.10. The minimum atomic E-state index is -0.466. The van der Waals surface area contributed by atoms with Crippen LogP contribution in [0.25, 0.3) is 0 Å². The lowest BCUT2D eigenvalue weighted by Crippen LogP contribution is -2.41. The third kappa shape index (κ3) is 9.44. The van der Waals surface area contributed by atoms with Gasteiger partial charge in [-0.25, -0.2) is 0 Å². The van der Waals surface area contributed by atoms with Crippen molar-refractivity contribution in [2.24, 2.45) is 0 Å². The van der Waals surface area contributed by atoms with Gasteiger partial charge in [0.1, 0.15) is 19.3 Å². The molecule has 1 rings (SSSR count). The molecule has 0 aromatic carbocycles. The maximum atomic E-state index is 11.2. The van der Waals surface area contributed by atoms with E-state index in [9.17, 15) is 9.59 Å². The fraction of sp³-hybridized carbons (Fsp3) is 0.778. The number of hydrogen-bond donors (Lipinski definition) is 0. The lowest BCUT2D eigenvalue weighted by molar-refractivity contribution is -0.883. The number of nitrogens with zero attached hydrogens (tertiary/aromatic N) is 1. The normalized spacial score (nSPS) is 23.5. The zero-order valence-corrected chi connectivity index (χ0v) is 15.4. The van der Waals surface area contributed by atoms with Crippen molar-refractivity contribution in [3.05, 3.63) is 0 Å². The van der Waals surface area contributed by atoms with Gasteiger partial charge in [0.05, 0.1) is 26.7 Å². The van der Waals surface area contributed by atoms with Gasteiger partial charge in [0, 0.05) is 26.4 Å². The van der Waals surface area contributed by atoms with Crippen molar-refractivity contribution in [1.82, 2.24) is 0 Å². The van der Waals surface area contributed by atoms with Crippen LogP contribution in [0.4, 0.5) is 0 Å². The molecule has 0 spiro atoms. The Bertz CT molecular complexity index is 459. The van der Waals surface area contributed by atoms with Crippen molar-refractivity contribution in [2.75, 3.05) is 40.4 Å². The van der Waals surface area contributed by atoms with Crippen molar-refractivity contribution in [3.63, 3.8) is 0 Å². The molecule has 1 heterocycles. The van der Waals surface area contributed by atoms with E-state index in [4.69, 9.17) is 25.4 Å². The summed E-state index contributed by atoms with van der Waals surface area (Å²) in [5, 5.41) is 0.